The van der Waals surface area contributed by atoms with Gasteiger partial charge in [-0.1, -0.05) is 19.8 Å². The van der Waals surface area contributed by atoms with Crippen molar-refractivity contribution in [3.8, 4) is 0 Å². The Morgan fingerprint density at radius 2 is 1.94 bits per heavy atom. The summed E-state index contributed by atoms with van der Waals surface area (Å²) < 4.78 is 0. The van der Waals surface area contributed by atoms with Gasteiger partial charge in [0.15, 0.2) is 0 Å². The molecule has 0 aromatic rings. The first-order valence-electron chi connectivity index (χ1n) is 7.15. The molecule has 1 N–H and O–H groups in total. The smallest absolute Gasteiger partial charge is 0.00357 e. The van der Waals surface area contributed by atoms with E-state index in [1.165, 1.54) is 58.2 Å². The van der Waals surface area contributed by atoms with Crippen LogP contribution in [0.2, 0.25) is 0 Å². The Kier molecular flexibility index (Phi) is 7.06. The van der Waals surface area contributed by atoms with Gasteiger partial charge >= 0.3 is 0 Å². The van der Waals surface area contributed by atoms with Crippen molar-refractivity contribution in [2.75, 3.05) is 26.7 Å². The molecule has 2 nitrogen and oxygen atoms in total. The number of hydrogen-bond donors (Lipinski definition) is 1. The maximum atomic E-state index is 3.30. The second-order valence-electron chi connectivity index (χ2n) is 5.38. The van der Waals surface area contributed by atoms with Crippen molar-refractivity contribution in [3.05, 3.63) is 0 Å². The highest BCUT2D eigenvalue weighted by Gasteiger charge is 2.16. The minimum Gasteiger partial charge on any atom is -0.317 e. The maximum absolute atomic E-state index is 3.30. The first-order chi connectivity index (χ1) is 7.76. The van der Waals surface area contributed by atoms with E-state index in [2.05, 4.69) is 31.1 Å². The summed E-state index contributed by atoms with van der Waals surface area (Å²) in [6, 6.07) is 0.686. The molecule has 0 aromatic carbocycles. The van der Waals surface area contributed by atoms with Gasteiger partial charge in [0.1, 0.15) is 0 Å². The zero-order valence-electron chi connectivity index (χ0n) is 11.5. The lowest BCUT2D eigenvalue weighted by molar-refractivity contribution is 0.178. The van der Waals surface area contributed by atoms with Gasteiger partial charge in [0.2, 0.25) is 0 Å². The molecule has 0 aromatic heterocycles. The molecule has 0 aliphatic carbocycles. The monoisotopic (exact) mass is 226 g/mol. The summed E-state index contributed by atoms with van der Waals surface area (Å²) in [6.07, 6.45) is 8.32. The van der Waals surface area contributed by atoms with Crippen LogP contribution >= 0.6 is 0 Å². The van der Waals surface area contributed by atoms with Gasteiger partial charge in [0.05, 0.1) is 0 Å². The number of nitrogens with zero attached hydrogens (tertiary/aromatic N) is 1. The minimum absolute atomic E-state index is 0.686. The average molecular weight is 226 g/mol. The van der Waals surface area contributed by atoms with Crippen LogP contribution in [0.25, 0.3) is 0 Å². The lowest BCUT2D eigenvalue weighted by atomic mass is 9.94. The molecule has 1 heterocycles. The van der Waals surface area contributed by atoms with E-state index < -0.39 is 0 Å². The molecule has 1 unspecified atom stereocenters. The minimum atomic E-state index is 0.686. The molecule has 2 heteroatoms. The van der Waals surface area contributed by atoms with Crippen LogP contribution < -0.4 is 5.32 Å². The van der Waals surface area contributed by atoms with Gasteiger partial charge in [-0.2, -0.15) is 0 Å². The Bertz CT molecular complexity index is 162. The lowest BCUT2D eigenvalue weighted by Gasteiger charge is -2.31. The third kappa shape index (κ3) is 5.31. The molecule has 1 aliphatic heterocycles. The molecule has 0 amide bonds. The standard InChI is InChI=1S/C14H30N2/c1-4-14-8-11-16(12-9-14)10-6-5-7-13(2)15-3/h13-15H,4-12H2,1-3H3. The molecule has 0 saturated carbocycles. The van der Waals surface area contributed by atoms with Crippen molar-refractivity contribution in [3.63, 3.8) is 0 Å². The largest absolute Gasteiger partial charge is 0.317 e. The van der Waals surface area contributed by atoms with Crippen molar-refractivity contribution in [1.29, 1.82) is 0 Å². The van der Waals surface area contributed by atoms with Crippen molar-refractivity contribution >= 4 is 0 Å². The van der Waals surface area contributed by atoms with Crippen LogP contribution in [0.3, 0.4) is 0 Å². The summed E-state index contributed by atoms with van der Waals surface area (Å²) in [5.41, 5.74) is 0. The van der Waals surface area contributed by atoms with E-state index >= 15 is 0 Å². The Hall–Kier alpha value is -0.0800. The number of hydrogen-bond acceptors (Lipinski definition) is 2. The second kappa shape index (κ2) is 8.08. The summed E-state index contributed by atoms with van der Waals surface area (Å²) >= 11 is 0. The maximum Gasteiger partial charge on any atom is 0.00357 e. The van der Waals surface area contributed by atoms with Crippen LogP contribution in [0, 0.1) is 5.92 Å². The fourth-order valence-corrected chi connectivity index (χ4v) is 2.55. The van der Waals surface area contributed by atoms with E-state index in [0.717, 1.165) is 5.92 Å². The van der Waals surface area contributed by atoms with Gasteiger partial charge in [-0.05, 0) is 65.2 Å². The molecule has 0 radical (unpaired) electrons. The summed E-state index contributed by atoms with van der Waals surface area (Å²) in [7, 11) is 2.06. The fourth-order valence-electron chi connectivity index (χ4n) is 2.55. The number of likely N-dealkylation sites (tertiary alicyclic amines) is 1. The van der Waals surface area contributed by atoms with Crippen molar-refractivity contribution in [2.45, 2.75) is 58.4 Å². The molecule has 1 atom stereocenters. The van der Waals surface area contributed by atoms with Gasteiger partial charge < -0.3 is 10.2 Å². The first kappa shape index (κ1) is 14.0. The average Bonchev–Trinajstić information content (AvgIpc) is 2.35. The predicted molar refractivity (Wildman–Crippen MR) is 71.8 cm³/mol. The quantitative estimate of drug-likeness (QED) is 0.672. The van der Waals surface area contributed by atoms with Crippen LogP contribution in [-0.4, -0.2) is 37.6 Å². The van der Waals surface area contributed by atoms with Gasteiger partial charge in [-0.3, -0.25) is 0 Å². The van der Waals surface area contributed by atoms with Crippen LogP contribution in [0.4, 0.5) is 0 Å². The number of unbranched alkanes of at least 4 members (excludes halogenated alkanes) is 1. The van der Waals surface area contributed by atoms with Crippen LogP contribution in [0.15, 0.2) is 0 Å². The van der Waals surface area contributed by atoms with E-state index in [9.17, 15) is 0 Å². The van der Waals surface area contributed by atoms with Crippen LogP contribution in [0.1, 0.15) is 52.4 Å². The summed E-state index contributed by atoms with van der Waals surface area (Å²) in [5.74, 6) is 1.01. The van der Waals surface area contributed by atoms with Crippen molar-refractivity contribution in [2.24, 2.45) is 5.92 Å². The van der Waals surface area contributed by atoms with Gasteiger partial charge in [0.25, 0.3) is 0 Å². The molecular formula is C14H30N2. The van der Waals surface area contributed by atoms with E-state index in [1.807, 2.05) is 0 Å². The highest BCUT2D eigenvalue weighted by atomic mass is 15.1. The van der Waals surface area contributed by atoms with E-state index in [4.69, 9.17) is 0 Å². The molecule has 1 fully saturated rings. The highest BCUT2D eigenvalue weighted by Crippen LogP contribution is 2.20. The zero-order chi connectivity index (χ0) is 11.8. The van der Waals surface area contributed by atoms with E-state index in [1.54, 1.807) is 0 Å². The fraction of sp³-hybridized carbons (Fsp3) is 1.00. The summed E-state index contributed by atoms with van der Waals surface area (Å²) in [5, 5.41) is 3.30. The number of rotatable bonds is 7. The predicted octanol–water partition coefficient (Wildman–Crippen LogP) is 2.89. The first-order valence-corrected chi connectivity index (χ1v) is 7.15. The highest BCUT2D eigenvalue weighted by molar-refractivity contribution is 4.71. The Morgan fingerprint density at radius 1 is 1.25 bits per heavy atom. The van der Waals surface area contributed by atoms with E-state index in [-0.39, 0.29) is 0 Å². The zero-order valence-corrected chi connectivity index (χ0v) is 11.5. The molecule has 1 saturated heterocycles. The summed E-state index contributed by atoms with van der Waals surface area (Å²) in [6.45, 7) is 8.62. The van der Waals surface area contributed by atoms with Crippen LogP contribution in [0.5, 0.6) is 0 Å². The third-order valence-electron chi connectivity index (χ3n) is 4.14. The SMILES string of the molecule is CCC1CCN(CCCCC(C)NC)CC1. The Morgan fingerprint density at radius 3 is 2.50 bits per heavy atom. The lowest BCUT2D eigenvalue weighted by Crippen LogP contribution is -2.34. The molecule has 16 heavy (non-hydrogen) atoms. The van der Waals surface area contributed by atoms with Crippen molar-refractivity contribution < 1.29 is 0 Å². The summed E-state index contributed by atoms with van der Waals surface area (Å²) in [4.78, 5) is 2.66. The Balaban J connectivity index is 1.98. The molecular weight excluding hydrogens is 196 g/mol. The molecule has 1 aliphatic rings. The molecule has 0 bridgehead atoms. The van der Waals surface area contributed by atoms with E-state index in [0.29, 0.717) is 6.04 Å². The molecule has 0 spiro atoms. The normalized spacial score (nSPS) is 21.2. The number of piperidine rings is 1. The van der Waals surface area contributed by atoms with Gasteiger partial charge in [-0.25, -0.2) is 0 Å². The van der Waals surface area contributed by atoms with Crippen LogP contribution in [-0.2, 0) is 0 Å². The van der Waals surface area contributed by atoms with Gasteiger partial charge in [0, 0.05) is 6.04 Å². The third-order valence-corrected chi connectivity index (χ3v) is 4.14. The topological polar surface area (TPSA) is 15.3 Å². The number of nitrogens with one attached hydrogen (secondary N) is 1. The van der Waals surface area contributed by atoms with Crippen molar-refractivity contribution in [1.82, 2.24) is 10.2 Å². The second-order valence-corrected chi connectivity index (χ2v) is 5.38. The molecule has 96 valence electrons. The Labute approximate surface area is 102 Å². The molecule has 1 rings (SSSR count). The van der Waals surface area contributed by atoms with Gasteiger partial charge in [-0.15, -0.1) is 0 Å².